The van der Waals surface area contributed by atoms with Crippen LogP contribution in [0.1, 0.15) is 28.8 Å². The summed E-state index contributed by atoms with van der Waals surface area (Å²) in [6.45, 7) is 0. The molecule has 4 N–H and O–H groups in total. The summed E-state index contributed by atoms with van der Waals surface area (Å²) >= 11 is 4.20. The summed E-state index contributed by atoms with van der Waals surface area (Å²) in [6, 6.07) is 14.9. The fraction of sp³-hybridized carbons (Fsp3) is 0.304. The zero-order chi connectivity index (χ0) is 22.3. The van der Waals surface area contributed by atoms with E-state index in [-0.39, 0.29) is 11.8 Å². The zero-order valence-corrected chi connectivity index (χ0v) is 20.6. The Labute approximate surface area is 195 Å². The van der Waals surface area contributed by atoms with E-state index < -0.39 is 25.6 Å². The molecule has 2 aromatic carbocycles. The van der Waals surface area contributed by atoms with Crippen LogP contribution in [0, 0.1) is 0 Å². The molecule has 2 amide bonds. The molecule has 0 bridgehead atoms. The van der Waals surface area contributed by atoms with E-state index in [1.54, 1.807) is 24.3 Å². The number of nitrogens with one attached hydrogen (secondary N) is 4. The van der Waals surface area contributed by atoms with Gasteiger partial charge in [-0.2, -0.15) is 0 Å². The SMILES string of the molecule is CN/C=C\Nc1ccccc1CCI(C)NC(=O)C1(NC(=O)c2ccc(Cl)cc2)CC1. The molecule has 3 rings (SSSR count). The number of benzene rings is 2. The minimum absolute atomic E-state index is 0.0501. The Kier molecular flexibility index (Phi) is 8.20. The van der Waals surface area contributed by atoms with Crippen LogP contribution in [0.25, 0.3) is 0 Å². The summed E-state index contributed by atoms with van der Waals surface area (Å²) in [6.07, 6.45) is 5.94. The normalized spacial score (nSPS) is 14.6. The Morgan fingerprint density at radius 1 is 1.10 bits per heavy atom. The van der Waals surface area contributed by atoms with Gasteiger partial charge in [-0.15, -0.1) is 0 Å². The van der Waals surface area contributed by atoms with E-state index in [0.717, 1.165) is 16.5 Å². The number of carbonyl (C=O) groups is 2. The van der Waals surface area contributed by atoms with Crippen LogP contribution in [0.4, 0.5) is 5.69 Å². The fourth-order valence-electron chi connectivity index (χ4n) is 3.05. The van der Waals surface area contributed by atoms with Crippen molar-refractivity contribution >= 4 is 49.2 Å². The van der Waals surface area contributed by atoms with Crippen molar-refractivity contribution in [1.82, 2.24) is 14.2 Å². The van der Waals surface area contributed by atoms with E-state index in [0.29, 0.717) is 23.4 Å². The van der Waals surface area contributed by atoms with Gasteiger partial charge in [0.15, 0.2) is 0 Å². The molecule has 6 nitrogen and oxygen atoms in total. The van der Waals surface area contributed by atoms with Gasteiger partial charge in [-0.05, 0) is 0 Å². The van der Waals surface area contributed by atoms with Crippen LogP contribution in [0.5, 0.6) is 0 Å². The van der Waals surface area contributed by atoms with Crippen molar-refractivity contribution in [2.75, 3.05) is 21.7 Å². The maximum absolute atomic E-state index is 12.9. The second-order valence-electron chi connectivity index (χ2n) is 7.42. The molecule has 0 spiro atoms. The molecule has 1 aliphatic carbocycles. The summed E-state index contributed by atoms with van der Waals surface area (Å²) in [5.74, 6) is -0.290. The maximum atomic E-state index is 12.9. The number of hydrogen-bond acceptors (Lipinski definition) is 4. The first-order valence-corrected chi connectivity index (χ1v) is 15.2. The first-order chi connectivity index (χ1) is 14.9. The number of para-hydroxylation sites is 1. The third kappa shape index (κ3) is 6.61. The number of halogens is 2. The summed E-state index contributed by atoms with van der Waals surface area (Å²) in [4.78, 5) is 27.5. The molecule has 31 heavy (non-hydrogen) atoms. The number of aryl methyl sites for hydroxylation is 1. The third-order valence-electron chi connectivity index (χ3n) is 5.04. The number of carbonyl (C=O) groups excluding carboxylic acids is 2. The topological polar surface area (TPSA) is 82.3 Å². The number of anilines is 1. The van der Waals surface area contributed by atoms with Crippen LogP contribution < -0.4 is 19.5 Å². The molecule has 0 unspecified atom stereocenters. The fourth-order valence-corrected chi connectivity index (χ4v) is 6.18. The van der Waals surface area contributed by atoms with Crippen LogP contribution in [-0.4, -0.2) is 33.8 Å². The molecule has 1 aliphatic rings. The summed E-state index contributed by atoms with van der Waals surface area (Å²) in [5, 5.41) is 9.74. The average molecular weight is 555 g/mol. The predicted octanol–water partition coefficient (Wildman–Crippen LogP) is 4.12. The molecule has 0 heterocycles. The summed E-state index contributed by atoms with van der Waals surface area (Å²) < 4.78 is 4.18. The molecule has 1 fully saturated rings. The van der Waals surface area contributed by atoms with Crippen molar-refractivity contribution in [1.29, 1.82) is 0 Å². The number of rotatable bonds is 10. The van der Waals surface area contributed by atoms with E-state index in [1.807, 2.05) is 37.6 Å². The van der Waals surface area contributed by atoms with Crippen molar-refractivity contribution in [3.05, 3.63) is 77.1 Å². The van der Waals surface area contributed by atoms with Gasteiger partial charge in [0.1, 0.15) is 0 Å². The van der Waals surface area contributed by atoms with Crippen LogP contribution in [-0.2, 0) is 11.2 Å². The second-order valence-corrected chi connectivity index (χ2v) is 12.8. The molecule has 1 saturated carbocycles. The van der Waals surface area contributed by atoms with Crippen molar-refractivity contribution in [3.63, 3.8) is 0 Å². The van der Waals surface area contributed by atoms with Gasteiger partial charge in [0.05, 0.1) is 0 Å². The zero-order valence-electron chi connectivity index (χ0n) is 17.7. The Morgan fingerprint density at radius 3 is 2.48 bits per heavy atom. The molecule has 0 atom stereocenters. The molecule has 0 aromatic heterocycles. The Bertz CT molecular complexity index is 945. The van der Waals surface area contributed by atoms with Gasteiger partial charge in [0.2, 0.25) is 0 Å². The number of alkyl halides is 2. The van der Waals surface area contributed by atoms with Crippen LogP contribution in [0.15, 0.2) is 60.9 Å². The molecule has 0 aliphatic heterocycles. The standard InChI is InChI=1S/C23H28ClIN4O2/c1-25(14-11-17-5-3-4-6-20(17)27-16-15-26-2)29-22(31)23(12-13-23)28-21(30)18-7-9-19(24)10-8-18/h3-10,15-16,26-27H,11-14H2,1-2H3,(H,28,30)(H,29,31)/b16-15-. The monoisotopic (exact) mass is 554 g/mol. The molecular weight excluding hydrogens is 527 g/mol. The third-order valence-corrected chi connectivity index (χ3v) is 8.86. The molecule has 0 radical (unpaired) electrons. The predicted molar refractivity (Wildman–Crippen MR) is 136 cm³/mol. The first kappa shape index (κ1) is 23.4. The molecule has 8 heteroatoms. The molecule has 166 valence electrons. The van der Waals surface area contributed by atoms with Gasteiger partial charge in [-0.25, -0.2) is 0 Å². The van der Waals surface area contributed by atoms with Gasteiger partial charge in [0, 0.05) is 0 Å². The second kappa shape index (κ2) is 10.9. The molecule has 2 aromatic rings. The van der Waals surface area contributed by atoms with Crippen molar-refractivity contribution < 1.29 is 9.59 Å². The van der Waals surface area contributed by atoms with Gasteiger partial charge < -0.3 is 0 Å². The van der Waals surface area contributed by atoms with Gasteiger partial charge in [0.25, 0.3) is 0 Å². The van der Waals surface area contributed by atoms with Crippen molar-refractivity contribution in [3.8, 4) is 0 Å². The Balaban J connectivity index is 1.52. The van der Waals surface area contributed by atoms with Crippen molar-refractivity contribution in [2.24, 2.45) is 0 Å². The minimum atomic E-state index is -1.69. The quantitative estimate of drug-likeness (QED) is 0.202. The molecule has 0 saturated heterocycles. The van der Waals surface area contributed by atoms with E-state index in [4.69, 9.17) is 11.6 Å². The summed E-state index contributed by atoms with van der Waals surface area (Å²) in [5.41, 5.74) is 2.03. The van der Waals surface area contributed by atoms with Gasteiger partial charge >= 0.3 is 197 Å². The van der Waals surface area contributed by atoms with E-state index in [1.165, 1.54) is 5.56 Å². The number of amides is 2. The van der Waals surface area contributed by atoms with E-state index >= 15 is 0 Å². The van der Waals surface area contributed by atoms with Crippen LogP contribution in [0.3, 0.4) is 0 Å². The van der Waals surface area contributed by atoms with Gasteiger partial charge in [-0.3, -0.25) is 0 Å². The Hall–Kier alpha value is -2.26. The van der Waals surface area contributed by atoms with Crippen molar-refractivity contribution in [2.45, 2.75) is 24.8 Å². The van der Waals surface area contributed by atoms with Crippen LogP contribution in [0.2, 0.25) is 5.02 Å². The van der Waals surface area contributed by atoms with Crippen LogP contribution >= 0.6 is 31.7 Å². The number of hydrogen-bond donors (Lipinski definition) is 4. The average Bonchev–Trinajstić information content (AvgIpc) is 3.54. The molecular formula is C23H28ClIN4O2. The van der Waals surface area contributed by atoms with Gasteiger partial charge in [-0.1, -0.05) is 0 Å². The Morgan fingerprint density at radius 2 is 1.81 bits per heavy atom. The van der Waals surface area contributed by atoms with E-state index in [2.05, 4.69) is 30.5 Å². The van der Waals surface area contributed by atoms with E-state index in [9.17, 15) is 9.59 Å². The first-order valence-electron chi connectivity index (χ1n) is 10.1. The summed E-state index contributed by atoms with van der Waals surface area (Å²) in [7, 11) is 1.85.